The van der Waals surface area contributed by atoms with Crippen molar-refractivity contribution in [1.29, 1.82) is 0 Å². The fourth-order valence-electron chi connectivity index (χ4n) is 2.10. The fraction of sp³-hybridized carbons (Fsp3) is 0.727. The topological polar surface area (TPSA) is 87.3 Å². The smallest absolute Gasteiger partial charge is 0.303 e. The van der Waals surface area contributed by atoms with Crippen LogP contribution < -0.4 is 4.72 Å². The van der Waals surface area contributed by atoms with E-state index in [4.69, 9.17) is 4.74 Å². The van der Waals surface area contributed by atoms with Gasteiger partial charge in [0, 0.05) is 24.3 Å². The van der Waals surface area contributed by atoms with Gasteiger partial charge in [-0.3, -0.25) is 9.82 Å². The number of anilines is 1. The maximum absolute atomic E-state index is 12.3. The lowest BCUT2D eigenvalue weighted by Crippen LogP contribution is -2.50. The van der Waals surface area contributed by atoms with Crippen LogP contribution >= 0.6 is 0 Å². The van der Waals surface area contributed by atoms with Gasteiger partial charge in [0.1, 0.15) is 0 Å². The molecule has 108 valence electrons. The van der Waals surface area contributed by atoms with E-state index in [9.17, 15) is 8.42 Å². The fourth-order valence-corrected chi connectivity index (χ4v) is 3.48. The molecule has 2 rings (SSSR count). The summed E-state index contributed by atoms with van der Waals surface area (Å²) in [6.07, 6.45) is -0.218. The molecule has 7 nitrogen and oxygen atoms in total. The van der Waals surface area contributed by atoms with Gasteiger partial charge in [0.2, 0.25) is 0 Å². The van der Waals surface area contributed by atoms with Crippen LogP contribution in [-0.4, -0.2) is 48.2 Å². The van der Waals surface area contributed by atoms with Crippen LogP contribution in [0.2, 0.25) is 0 Å². The number of hydrogen-bond acceptors (Lipinski definition) is 4. The lowest BCUT2D eigenvalue weighted by Gasteiger charge is -2.34. The van der Waals surface area contributed by atoms with E-state index in [0.717, 1.165) is 11.3 Å². The molecule has 0 saturated carbocycles. The minimum atomic E-state index is -3.59. The molecule has 0 aromatic carbocycles. The zero-order valence-corrected chi connectivity index (χ0v) is 12.4. The van der Waals surface area contributed by atoms with E-state index < -0.39 is 10.2 Å². The van der Waals surface area contributed by atoms with Gasteiger partial charge in [-0.15, -0.1) is 0 Å². The highest BCUT2D eigenvalue weighted by Gasteiger charge is 2.31. The van der Waals surface area contributed by atoms with Crippen molar-refractivity contribution in [1.82, 2.24) is 14.5 Å². The summed E-state index contributed by atoms with van der Waals surface area (Å²) in [5.41, 5.74) is 1.65. The third-order valence-electron chi connectivity index (χ3n) is 3.20. The molecule has 1 saturated heterocycles. The summed E-state index contributed by atoms with van der Waals surface area (Å²) in [4.78, 5) is 0. The molecule has 2 unspecified atom stereocenters. The van der Waals surface area contributed by atoms with Crippen LogP contribution in [0.1, 0.15) is 25.1 Å². The van der Waals surface area contributed by atoms with Crippen molar-refractivity contribution in [3.8, 4) is 0 Å². The van der Waals surface area contributed by atoms with Crippen molar-refractivity contribution in [2.45, 2.75) is 39.9 Å². The van der Waals surface area contributed by atoms with Crippen LogP contribution in [0.5, 0.6) is 0 Å². The van der Waals surface area contributed by atoms with Gasteiger partial charge in [-0.05, 0) is 27.7 Å². The summed E-state index contributed by atoms with van der Waals surface area (Å²) in [5, 5.41) is 6.72. The number of H-pyrrole nitrogens is 1. The van der Waals surface area contributed by atoms with E-state index in [-0.39, 0.29) is 12.2 Å². The molecule has 2 N–H and O–H groups in total. The summed E-state index contributed by atoms with van der Waals surface area (Å²) >= 11 is 0. The van der Waals surface area contributed by atoms with Gasteiger partial charge in [0.15, 0.2) is 5.82 Å². The number of nitrogens with zero attached hydrogens (tertiary/aromatic N) is 2. The Balaban J connectivity index is 2.16. The molecule has 1 aliphatic rings. The maximum Gasteiger partial charge on any atom is 0.303 e. The molecule has 1 aromatic rings. The quantitative estimate of drug-likeness (QED) is 0.861. The Morgan fingerprint density at radius 1 is 1.32 bits per heavy atom. The monoisotopic (exact) mass is 288 g/mol. The lowest BCUT2D eigenvalue weighted by atomic mass is 10.3. The van der Waals surface area contributed by atoms with E-state index >= 15 is 0 Å². The van der Waals surface area contributed by atoms with Crippen molar-refractivity contribution < 1.29 is 13.2 Å². The van der Waals surface area contributed by atoms with E-state index in [1.807, 2.05) is 27.7 Å². The lowest BCUT2D eigenvalue weighted by molar-refractivity contribution is -0.0439. The summed E-state index contributed by atoms with van der Waals surface area (Å²) in [6, 6.07) is 0. The van der Waals surface area contributed by atoms with Gasteiger partial charge in [0.05, 0.1) is 12.2 Å². The second kappa shape index (κ2) is 5.10. The second-order valence-corrected chi connectivity index (χ2v) is 6.67. The number of morpholine rings is 1. The molecule has 8 heteroatoms. The average molecular weight is 288 g/mol. The maximum atomic E-state index is 12.3. The molecule has 0 amide bonds. The molecule has 2 heterocycles. The van der Waals surface area contributed by atoms with Gasteiger partial charge >= 0.3 is 10.2 Å². The Morgan fingerprint density at radius 2 is 1.89 bits per heavy atom. The molecule has 0 aliphatic carbocycles. The number of hydrogen-bond donors (Lipinski definition) is 2. The van der Waals surface area contributed by atoms with Gasteiger partial charge in [-0.1, -0.05) is 0 Å². The molecular formula is C11H20N4O3S. The van der Waals surface area contributed by atoms with E-state index in [0.29, 0.717) is 18.9 Å². The first-order valence-electron chi connectivity index (χ1n) is 6.24. The Labute approximate surface area is 113 Å². The first kappa shape index (κ1) is 14.3. The van der Waals surface area contributed by atoms with Crippen LogP contribution in [0.4, 0.5) is 5.82 Å². The molecule has 2 atom stereocenters. The number of rotatable bonds is 3. The first-order valence-corrected chi connectivity index (χ1v) is 7.68. The number of ether oxygens (including phenoxy) is 1. The number of aryl methyl sites for hydroxylation is 1. The number of nitrogens with one attached hydrogen (secondary N) is 2. The third-order valence-corrected chi connectivity index (χ3v) is 4.63. The van der Waals surface area contributed by atoms with Crippen LogP contribution in [0.3, 0.4) is 0 Å². The van der Waals surface area contributed by atoms with Crippen molar-refractivity contribution in [3.05, 3.63) is 11.3 Å². The Bertz CT molecular complexity index is 544. The molecule has 0 radical (unpaired) electrons. The summed E-state index contributed by atoms with van der Waals surface area (Å²) in [5.74, 6) is 0.351. The number of aromatic nitrogens is 2. The molecule has 1 fully saturated rings. The van der Waals surface area contributed by atoms with Crippen molar-refractivity contribution in [2.75, 3.05) is 17.8 Å². The largest absolute Gasteiger partial charge is 0.373 e. The summed E-state index contributed by atoms with van der Waals surface area (Å²) < 4.78 is 34.1. The predicted molar refractivity (Wildman–Crippen MR) is 72.2 cm³/mol. The molecule has 1 aliphatic heterocycles. The number of aromatic amines is 1. The molecule has 0 bridgehead atoms. The van der Waals surface area contributed by atoms with E-state index in [1.165, 1.54) is 4.31 Å². The summed E-state index contributed by atoms with van der Waals surface area (Å²) in [7, 11) is -3.59. The zero-order chi connectivity index (χ0) is 14.2. The van der Waals surface area contributed by atoms with E-state index in [2.05, 4.69) is 14.9 Å². The van der Waals surface area contributed by atoms with Gasteiger partial charge in [0.25, 0.3) is 0 Å². The third kappa shape index (κ3) is 3.07. The second-order valence-electron chi connectivity index (χ2n) is 5.00. The molecular weight excluding hydrogens is 268 g/mol. The SMILES string of the molecule is Cc1[nH]nc(NS(=O)(=O)N2CC(C)OC(C)C2)c1C. The van der Waals surface area contributed by atoms with Crippen molar-refractivity contribution >= 4 is 16.0 Å². The Kier molecular flexibility index (Phi) is 3.84. The molecule has 0 spiro atoms. The van der Waals surface area contributed by atoms with Crippen LogP contribution in [-0.2, 0) is 14.9 Å². The summed E-state index contributed by atoms with van der Waals surface area (Å²) in [6.45, 7) is 8.09. The average Bonchev–Trinajstić information content (AvgIpc) is 2.59. The van der Waals surface area contributed by atoms with Crippen LogP contribution in [0.15, 0.2) is 0 Å². The van der Waals surface area contributed by atoms with Crippen LogP contribution in [0.25, 0.3) is 0 Å². The minimum Gasteiger partial charge on any atom is -0.373 e. The van der Waals surface area contributed by atoms with Crippen molar-refractivity contribution in [2.24, 2.45) is 0 Å². The standard InChI is InChI=1S/C11H20N4O3S/c1-7-5-15(6-8(2)18-7)19(16,17)14-11-9(3)10(4)12-13-11/h7-8H,5-6H2,1-4H3,(H2,12,13,14). The highest BCUT2D eigenvalue weighted by Crippen LogP contribution is 2.19. The van der Waals surface area contributed by atoms with Gasteiger partial charge in [-0.2, -0.15) is 17.8 Å². The predicted octanol–water partition coefficient (Wildman–Crippen LogP) is 0.792. The zero-order valence-electron chi connectivity index (χ0n) is 11.6. The minimum absolute atomic E-state index is 0.109. The van der Waals surface area contributed by atoms with Gasteiger partial charge < -0.3 is 4.74 Å². The normalized spacial score (nSPS) is 25.5. The molecule has 19 heavy (non-hydrogen) atoms. The van der Waals surface area contributed by atoms with E-state index in [1.54, 1.807) is 0 Å². The Morgan fingerprint density at radius 3 is 2.37 bits per heavy atom. The van der Waals surface area contributed by atoms with Gasteiger partial charge in [-0.25, -0.2) is 0 Å². The van der Waals surface area contributed by atoms with Crippen LogP contribution in [0, 0.1) is 13.8 Å². The van der Waals surface area contributed by atoms with Crippen molar-refractivity contribution in [3.63, 3.8) is 0 Å². The first-order chi connectivity index (χ1) is 8.79. The molecule has 1 aromatic heterocycles. The highest BCUT2D eigenvalue weighted by molar-refractivity contribution is 7.90. The highest BCUT2D eigenvalue weighted by atomic mass is 32.2. The Hall–Kier alpha value is -1.12.